The zero-order chi connectivity index (χ0) is 19.4. The molecular formula is C19H40IN5O2. The Morgan fingerprint density at radius 3 is 2.26 bits per heavy atom. The lowest BCUT2D eigenvalue weighted by Crippen LogP contribution is -2.47. The highest BCUT2D eigenvalue weighted by Gasteiger charge is 2.21. The van der Waals surface area contributed by atoms with Crippen LogP contribution in [0.4, 0.5) is 0 Å². The Hall–Kier alpha value is -0.610. The average Bonchev–Trinajstić information content (AvgIpc) is 2.61. The zero-order valence-electron chi connectivity index (χ0n) is 17.7. The molecule has 7 nitrogen and oxygen atoms in total. The van der Waals surface area contributed by atoms with E-state index in [1.807, 2.05) is 13.8 Å². The number of halogens is 1. The lowest BCUT2D eigenvalue weighted by atomic mass is 10.0. The first-order valence-electron chi connectivity index (χ1n) is 10.1. The lowest BCUT2D eigenvalue weighted by Gasteiger charge is -2.34. The molecule has 1 aliphatic rings. The van der Waals surface area contributed by atoms with Crippen molar-refractivity contribution in [3.63, 3.8) is 0 Å². The fourth-order valence-corrected chi connectivity index (χ4v) is 2.93. The standard InChI is InChI=1S/C19H39N5O2.HI/c1-6-20-19(22-8-7-21-18(25)16(4)5)23-14-17(13-15(2)3)24-9-11-26-12-10-24;/h15-17H,6-14H2,1-5H3,(H,21,25)(H2,20,22,23);1H. The van der Waals surface area contributed by atoms with E-state index < -0.39 is 0 Å². The minimum absolute atomic E-state index is 0. The van der Waals surface area contributed by atoms with Gasteiger partial charge in [-0.1, -0.05) is 27.7 Å². The summed E-state index contributed by atoms with van der Waals surface area (Å²) in [7, 11) is 0. The highest BCUT2D eigenvalue weighted by Crippen LogP contribution is 2.14. The number of nitrogens with zero attached hydrogens (tertiary/aromatic N) is 2. The number of morpholine rings is 1. The average molecular weight is 497 g/mol. The third-order valence-corrected chi connectivity index (χ3v) is 4.35. The molecule has 0 spiro atoms. The topological polar surface area (TPSA) is 78.0 Å². The van der Waals surface area contributed by atoms with E-state index in [2.05, 4.69) is 41.6 Å². The van der Waals surface area contributed by atoms with E-state index in [9.17, 15) is 4.79 Å². The molecule has 1 heterocycles. The molecule has 0 aromatic carbocycles. The van der Waals surface area contributed by atoms with Gasteiger partial charge in [0.25, 0.3) is 0 Å². The number of carbonyl (C=O) groups is 1. The van der Waals surface area contributed by atoms with Crippen LogP contribution in [0.5, 0.6) is 0 Å². The molecule has 1 saturated heterocycles. The van der Waals surface area contributed by atoms with Gasteiger partial charge in [-0.25, -0.2) is 0 Å². The first-order chi connectivity index (χ1) is 12.4. The number of hydrogen-bond acceptors (Lipinski definition) is 4. The van der Waals surface area contributed by atoms with Crippen LogP contribution in [0.15, 0.2) is 4.99 Å². The number of nitrogens with one attached hydrogen (secondary N) is 3. The quantitative estimate of drug-likeness (QED) is 0.185. The molecule has 1 fully saturated rings. The van der Waals surface area contributed by atoms with Crippen molar-refractivity contribution in [1.29, 1.82) is 0 Å². The summed E-state index contributed by atoms with van der Waals surface area (Å²) in [6.07, 6.45) is 1.13. The van der Waals surface area contributed by atoms with Crippen molar-refractivity contribution in [2.24, 2.45) is 16.8 Å². The number of rotatable bonds is 10. The second-order valence-corrected chi connectivity index (χ2v) is 7.52. The second kappa shape index (κ2) is 15.3. The van der Waals surface area contributed by atoms with Crippen LogP contribution in [0.3, 0.4) is 0 Å². The Kier molecular flexibility index (Phi) is 15.0. The van der Waals surface area contributed by atoms with Gasteiger partial charge in [0.2, 0.25) is 5.91 Å². The van der Waals surface area contributed by atoms with E-state index in [-0.39, 0.29) is 35.8 Å². The fraction of sp³-hybridized carbons (Fsp3) is 0.895. The predicted molar refractivity (Wildman–Crippen MR) is 123 cm³/mol. The second-order valence-electron chi connectivity index (χ2n) is 7.52. The minimum atomic E-state index is 0. The molecule has 1 unspecified atom stereocenters. The lowest BCUT2D eigenvalue weighted by molar-refractivity contribution is -0.123. The zero-order valence-corrected chi connectivity index (χ0v) is 20.0. The maximum atomic E-state index is 11.6. The number of hydrogen-bond donors (Lipinski definition) is 3. The minimum Gasteiger partial charge on any atom is -0.379 e. The van der Waals surface area contributed by atoms with Crippen LogP contribution < -0.4 is 16.0 Å². The van der Waals surface area contributed by atoms with Crippen molar-refractivity contribution in [1.82, 2.24) is 20.9 Å². The number of carbonyl (C=O) groups excluding carboxylic acids is 1. The van der Waals surface area contributed by atoms with E-state index in [4.69, 9.17) is 9.73 Å². The van der Waals surface area contributed by atoms with Crippen LogP contribution in [-0.2, 0) is 9.53 Å². The van der Waals surface area contributed by atoms with Gasteiger partial charge in [-0.15, -0.1) is 24.0 Å². The molecule has 1 aliphatic heterocycles. The Balaban J connectivity index is 0.00000676. The summed E-state index contributed by atoms with van der Waals surface area (Å²) < 4.78 is 5.48. The van der Waals surface area contributed by atoms with Gasteiger partial charge in [-0.05, 0) is 19.3 Å². The molecule has 160 valence electrons. The largest absolute Gasteiger partial charge is 0.379 e. The molecule has 0 saturated carbocycles. The Morgan fingerprint density at radius 2 is 1.70 bits per heavy atom. The normalized spacial score (nSPS) is 16.8. The summed E-state index contributed by atoms with van der Waals surface area (Å²) in [4.78, 5) is 18.9. The number of guanidine groups is 1. The third kappa shape index (κ3) is 11.7. The highest BCUT2D eigenvalue weighted by atomic mass is 127. The van der Waals surface area contributed by atoms with Crippen LogP contribution in [0.1, 0.15) is 41.0 Å². The smallest absolute Gasteiger partial charge is 0.222 e. The molecule has 3 N–H and O–H groups in total. The molecule has 1 rings (SSSR count). The van der Waals surface area contributed by atoms with Crippen LogP contribution >= 0.6 is 24.0 Å². The molecule has 1 atom stereocenters. The molecule has 27 heavy (non-hydrogen) atoms. The summed E-state index contributed by atoms with van der Waals surface area (Å²) in [6.45, 7) is 16.8. The molecular weight excluding hydrogens is 457 g/mol. The van der Waals surface area contributed by atoms with Crippen molar-refractivity contribution in [3.05, 3.63) is 0 Å². The Morgan fingerprint density at radius 1 is 1.07 bits per heavy atom. The Bertz CT molecular complexity index is 426. The Labute approximate surface area is 182 Å². The van der Waals surface area contributed by atoms with Crippen LogP contribution in [0, 0.1) is 11.8 Å². The summed E-state index contributed by atoms with van der Waals surface area (Å²) in [5.41, 5.74) is 0. The summed E-state index contributed by atoms with van der Waals surface area (Å²) in [5.74, 6) is 1.55. The first-order valence-corrected chi connectivity index (χ1v) is 10.1. The molecule has 0 bridgehead atoms. The van der Waals surface area contributed by atoms with Gasteiger partial charge in [0.15, 0.2) is 5.96 Å². The number of amides is 1. The summed E-state index contributed by atoms with van der Waals surface area (Å²) in [5, 5.41) is 9.51. The van der Waals surface area contributed by atoms with Crippen LogP contribution in [0.2, 0.25) is 0 Å². The number of aliphatic imine (C=N–C) groups is 1. The molecule has 0 aliphatic carbocycles. The van der Waals surface area contributed by atoms with E-state index in [0.717, 1.165) is 51.8 Å². The van der Waals surface area contributed by atoms with Crippen LogP contribution in [-0.4, -0.2) is 75.3 Å². The van der Waals surface area contributed by atoms with Crippen molar-refractivity contribution in [3.8, 4) is 0 Å². The third-order valence-electron chi connectivity index (χ3n) is 4.35. The van der Waals surface area contributed by atoms with Crippen molar-refractivity contribution >= 4 is 35.8 Å². The molecule has 0 radical (unpaired) electrons. The van der Waals surface area contributed by atoms with Crippen molar-refractivity contribution in [2.75, 3.05) is 52.5 Å². The molecule has 0 aromatic heterocycles. The SMILES string of the molecule is CCNC(=NCC(CC(C)C)N1CCOCC1)NCCNC(=O)C(C)C.I. The van der Waals surface area contributed by atoms with E-state index in [1.165, 1.54) is 0 Å². The summed E-state index contributed by atoms with van der Waals surface area (Å²) >= 11 is 0. The van der Waals surface area contributed by atoms with Gasteiger partial charge in [0, 0.05) is 44.7 Å². The van der Waals surface area contributed by atoms with E-state index >= 15 is 0 Å². The van der Waals surface area contributed by atoms with Gasteiger partial charge in [0.05, 0.1) is 19.8 Å². The predicted octanol–water partition coefficient (Wildman–Crippen LogP) is 1.68. The van der Waals surface area contributed by atoms with E-state index in [1.54, 1.807) is 0 Å². The van der Waals surface area contributed by atoms with Gasteiger partial charge >= 0.3 is 0 Å². The maximum absolute atomic E-state index is 11.6. The first kappa shape index (κ1) is 26.4. The highest BCUT2D eigenvalue weighted by molar-refractivity contribution is 14.0. The molecule has 1 amide bonds. The van der Waals surface area contributed by atoms with Crippen molar-refractivity contribution < 1.29 is 9.53 Å². The maximum Gasteiger partial charge on any atom is 0.222 e. The number of ether oxygens (including phenoxy) is 1. The van der Waals surface area contributed by atoms with Gasteiger partial charge < -0.3 is 20.7 Å². The van der Waals surface area contributed by atoms with Gasteiger partial charge in [-0.3, -0.25) is 14.7 Å². The molecule has 8 heteroatoms. The van der Waals surface area contributed by atoms with Gasteiger partial charge in [0.1, 0.15) is 0 Å². The fourth-order valence-electron chi connectivity index (χ4n) is 2.93. The van der Waals surface area contributed by atoms with E-state index in [0.29, 0.717) is 25.0 Å². The summed E-state index contributed by atoms with van der Waals surface area (Å²) in [6, 6.07) is 0.440. The molecule has 0 aromatic rings. The monoisotopic (exact) mass is 497 g/mol. The van der Waals surface area contributed by atoms with Crippen molar-refractivity contribution in [2.45, 2.75) is 47.1 Å². The van der Waals surface area contributed by atoms with Gasteiger partial charge in [-0.2, -0.15) is 0 Å². The van der Waals surface area contributed by atoms with Crippen LogP contribution in [0.25, 0.3) is 0 Å².